The SMILES string of the molecule is Cc1ccccc1C1C=CC(OCc2c(C3CC3)cnn2-c2c(Cl)cccc2Cl)(C(=O)O)C=C1. The van der Waals surface area contributed by atoms with Gasteiger partial charge >= 0.3 is 5.97 Å². The lowest BCUT2D eigenvalue weighted by molar-refractivity contribution is -0.155. The maximum atomic E-state index is 12.3. The maximum Gasteiger partial charge on any atom is 0.344 e. The van der Waals surface area contributed by atoms with Crippen molar-refractivity contribution < 1.29 is 14.6 Å². The number of benzene rings is 2. The second-order valence-corrected chi connectivity index (χ2v) is 9.60. The molecule has 5 rings (SSSR count). The van der Waals surface area contributed by atoms with Crippen molar-refractivity contribution in [2.24, 2.45) is 0 Å². The molecule has 0 atom stereocenters. The highest BCUT2D eigenvalue weighted by Gasteiger charge is 2.38. The van der Waals surface area contributed by atoms with Gasteiger partial charge in [0.25, 0.3) is 0 Å². The maximum absolute atomic E-state index is 12.3. The molecule has 7 heteroatoms. The number of allylic oxidation sites excluding steroid dienone is 2. The van der Waals surface area contributed by atoms with Crippen LogP contribution in [0.25, 0.3) is 5.69 Å². The van der Waals surface area contributed by atoms with Gasteiger partial charge in [0.2, 0.25) is 5.60 Å². The van der Waals surface area contributed by atoms with Crippen LogP contribution in [-0.4, -0.2) is 26.5 Å². The minimum atomic E-state index is -1.57. The summed E-state index contributed by atoms with van der Waals surface area (Å²) in [7, 11) is 0. The molecule has 34 heavy (non-hydrogen) atoms. The van der Waals surface area contributed by atoms with E-state index in [2.05, 4.69) is 11.2 Å². The number of nitrogens with zero attached hydrogens (tertiary/aromatic N) is 2. The largest absolute Gasteiger partial charge is 0.479 e. The van der Waals surface area contributed by atoms with E-state index in [0.29, 0.717) is 21.7 Å². The third-order valence-electron chi connectivity index (χ3n) is 6.50. The number of carboxylic acids is 1. The van der Waals surface area contributed by atoms with Gasteiger partial charge in [-0.2, -0.15) is 5.10 Å². The lowest BCUT2D eigenvalue weighted by atomic mass is 9.86. The van der Waals surface area contributed by atoms with E-state index in [-0.39, 0.29) is 12.5 Å². The molecule has 5 nitrogen and oxygen atoms in total. The zero-order valence-corrected chi connectivity index (χ0v) is 20.1. The standard InChI is InChI=1S/C27H24Cl2N2O3/c1-17-5-2-3-6-20(17)19-11-13-27(14-12-19,26(32)33)34-16-24-21(18-9-10-18)15-30-31(24)25-22(28)7-4-8-23(25)29/h2-8,11-15,18-19H,9-10,16H2,1H3,(H,32,33). The fraction of sp³-hybridized carbons (Fsp3) is 0.259. The first-order valence-electron chi connectivity index (χ1n) is 11.2. The molecule has 0 saturated heterocycles. The molecule has 2 aliphatic carbocycles. The van der Waals surface area contributed by atoms with Gasteiger partial charge in [-0.15, -0.1) is 0 Å². The van der Waals surface area contributed by atoms with Crippen molar-refractivity contribution in [3.8, 4) is 5.69 Å². The number of aliphatic carboxylic acids is 1. The Hall–Kier alpha value is -2.86. The molecule has 1 saturated carbocycles. The van der Waals surface area contributed by atoms with Crippen LogP contribution in [0.1, 0.15) is 47.1 Å². The van der Waals surface area contributed by atoms with Crippen molar-refractivity contribution in [1.82, 2.24) is 9.78 Å². The Morgan fingerprint density at radius 1 is 1.09 bits per heavy atom. The fourth-order valence-electron chi connectivity index (χ4n) is 4.42. The predicted molar refractivity (Wildman–Crippen MR) is 133 cm³/mol. The lowest BCUT2D eigenvalue weighted by Gasteiger charge is -2.28. The molecule has 1 heterocycles. The Bertz CT molecular complexity index is 1270. The summed E-state index contributed by atoms with van der Waals surface area (Å²) in [5.74, 6) is -0.693. The van der Waals surface area contributed by atoms with Crippen molar-refractivity contribution in [2.75, 3.05) is 0 Å². The van der Waals surface area contributed by atoms with Crippen LogP contribution in [0.5, 0.6) is 0 Å². The Labute approximate surface area is 208 Å². The second-order valence-electron chi connectivity index (χ2n) is 8.79. The number of rotatable bonds is 7. The molecule has 1 fully saturated rings. The van der Waals surface area contributed by atoms with Crippen molar-refractivity contribution >= 4 is 29.2 Å². The highest BCUT2D eigenvalue weighted by atomic mass is 35.5. The van der Waals surface area contributed by atoms with E-state index in [1.165, 1.54) is 0 Å². The first kappa shape index (κ1) is 22.9. The fourth-order valence-corrected chi connectivity index (χ4v) is 4.98. The van der Waals surface area contributed by atoms with Gasteiger partial charge in [0.1, 0.15) is 5.69 Å². The molecule has 2 aliphatic rings. The summed E-state index contributed by atoms with van der Waals surface area (Å²) in [6.07, 6.45) is 11.0. The van der Waals surface area contributed by atoms with E-state index < -0.39 is 11.6 Å². The van der Waals surface area contributed by atoms with Crippen LogP contribution in [0, 0.1) is 6.92 Å². The summed E-state index contributed by atoms with van der Waals surface area (Å²) in [5.41, 5.74) is 3.09. The molecule has 0 amide bonds. The van der Waals surface area contributed by atoms with Gasteiger partial charge < -0.3 is 9.84 Å². The molecule has 0 aliphatic heterocycles. The molecular formula is C27H24Cl2N2O3. The summed E-state index contributed by atoms with van der Waals surface area (Å²) in [4.78, 5) is 12.3. The Morgan fingerprint density at radius 3 is 2.38 bits per heavy atom. The third-order valence-corrected chi connectivity index (χ3v) is 7.11. The van der Waals surface area contributed by atoms with E-state index in [1.807, 2.05) is 43.5 Å². The number of carbonyl (C=O) groups is 1. The molecular weight excluding hydrogens is 471 g/mol. The van der Waals surface area contributed by atoms with Crippen LogP contribution in [0.15, 0.2) is 73.0 Å². The average Bonchev–Trinajstić information content (AvgIpc) is 3.59. The molecule has 0 radical (unpaired) electrons. The van der Waals surface area contributed by atoms with Gasteiger partial charge in [-0.25, -0.2) is 9.48 Å². The zero-order valence-electron chi connectivity index (χ0n) is 18.6. The third kappa shape index (κ3) is 4.20. The smallest absolute Gasteiger partial charge is 0.344 e. The molecule has 2 aromatic carbocycles. The van der Waals surface area contributed by atoms with Crippen LogP contribution in [0.3, 0.4) is 0 Å². The quantitative estimate of drug-likeness (QED) is 0.375. The number of aryl methyl sites for hydroxylation is 1. The molecule has 3 aromatic rings. The van der Waals surface area contributed by atoms with Crippen LogP contribution in [0.4, 0.5) is 0 Å². The molecule has 0 unspecified atom stereocenters. The summed E-state index contributed by atoms with van der Waals surface area (Å²) in [6.45, 7) is 2.09. The number of hydrogen-bond acceptors (Lipinski definition) is 3. The molecule has 1 N–H and O–H groups in total. The van der Waals surface area contributed by atoms with Gasteiger partial charge in [0.15, 0.2) is 0 Å². The Balaban J connectivity index is 1.46. The van der Waals surface area contributed by atoms with Gasteiger partial charge in [-0.1, -0.05) is 65.7 Å². The number of halogens is 2. The van der Waals surface area contributed by atoms with Gasteiger partial charge in [-0.3, -0.25) is 0 Å². The normalized spacial score (nSPS) is 21.7. The van der Waals surface area contributed by atoms with Crippen LogP contribution in [-0.2, 0) is 16.1 Å². The molecule has 174 valence electrons. The number of aromatic nitrogens is 2. The average molecular weight is 495 g/mol. The van der Waals surface area contributed by atoms with E-state index in [4.69, 9.17) is 27.9 Å². The van der Waals surface area contributed by atoms with E-state index in [1.54, 1.807) is 35.0 Å². The summed E-state index contributed by atoms with van der Waals surface area (Å²) < 4.78 is 7.81. The van der Waals surface area contributed by atoms with Crippen LogP contribution < -0.4 is 0 Å². The highest BCUT2D eigenvalue weighted by molar-refractivity contribution is 6.37. The summed E-state index contributed by atoms with van der Waals surface area (Å²) in [5, 5.41) is 15.6. The second kappa shape index (κ2) is 9.06. The predicted octanol–water partition coefficient (Wildman–Crippen LogP) is 6.61. The Kier molecular flexibility index (Phi) is 6.11. The minimum absolute atomic E-state index is 0.00763. The molecule has 1 aromatic heterocycles. The summed E-state index contributed by atoms with van der Waals surface area (Å²) in [6, 6.07) is 13.4. The Morgan fingerprint density at radius 2 is 1.76 bits per heavy atom. The van der Waals surface area contributed by atoms with Crippen LogP contribution in [0.2, 0.25) is 10.0 Å². The summed E-state index contributed by atoms with van der Waals surface area (Å²) >= 11 is 12.9. The topological polar surface area (TPSA) is 64.4 Å². The van der Waals surface area contributed by atoms with Crippen molar-refractivity contribution in [1.29, 1.82) is 0 Å². The molecule has 0 bridgehead atoms. The van der Waals surface area contributed by atoms with E-state index in [9.17, 15) is 9.90 Å². The van der Waals surface area contributed by atoms with Gasteiger partial charge in [-0.05, 0) is 66.7 Å². The van der Waals surface area contributed by atoms with Crippen molar-refractivity contribution in [3.63, 3.8) is 0 Å². The number of ether oxygens (including phenoxy) is 1. The monoisotopic (exact) mass is 494 g/mol. The van der Waals surface area contributed by atoms with Crippen LogP contribution >= 0.6 is 23.2 Å². The first-order chi connectivity index (χ1) is 16.4. The van der Waals surface area contributed by atoms with Gasteiger partial charge in [0.05, 0.1) is 28.5 Å². The number of hydrogen-bond donors (Lipinski definition) is 1. The van der Waals surface area contributed by atoms with Crippen molar-refractivity contribution in [2.45, 2.75) is 43.8 Å². The lowest BCUT2D eigenvalue weighted by Crippen LogP contribution is -2.39. The number of para-hydroxylation sites is 1. The zero-order chi connectivity index (χ0) is 23.9. The number of carboxylic acid groups (broad SMARTS) is 1. The van der Waals surface area contributed by atoms with E-state index in [0.717, 1.165) is 35.2 Å². The highest BCUT2D eigenvalue weighted by Crippen LogP contribution is 2.43. The first-order valence-corrected chi connectivity index (χ1v) is 12.0. The molecule has 0 spiro atoms. The van der Waals surface area contributed by atoms with E-state index >= 15 is 0 Å². The van der Waals surface area contributed by atoms with Crippen molar-refractivity contribution in [3.05, 3.63) is 105 Å². The minimum Gasteiger partial charge on any atom is -0.479 e. The van der Waals surface area contributed by atoms with Gasteiger partial charge in [0, 0.05) is 5.92 Å².